The maximum absolute atomic E-state index is 11.7. The Kier molecular flexibility index (Phi) is 5.09. The van der Waals surface area contributed by atoms with E-state index in [1.165, 1.54) is 7.11 Å². The highest BCUT2D eigenvalue weighted by atomic mass is 16.5. The number of aromatic nitrogens is 2. The van der Waals surface area contributed by atoms with Crippen LogP contribution in [0.25, 0.3) is 0 Å². The minimum Gasteiger partial charge on any atom is -0.467 e. The molecule has 0 fully saturated rings. The zero-order valence-electron chi connectivity index (χ0n) is 12.1. The Bertz CT molecular complexity index is 480. The number of ether oxygens (including phenoxy) is 1. The highest BCUT2D eigenvalue weighted by Gasteiger charge is 2.16. The normalized spacial score (nSPS) is 12.1. The van der Waals surface area contributed by atoms with Crippen LogP contribution in [-0.2, 0) is 27.8 Å². The van der Waals surface area contributed by atoms with Crippen molar-refractivity contribution in [3.05, 3.63) is 17.0 Å². The number of hydrogen-bond donors (Lipinski definition) is 1. The van der Waals surface area contributed by atoms with Crippen molar-refractivity contribution < 1.29 is 14.3 Å². The topological polar surface area (TPSA) is 73.2 Å². The summed E-state index contributed by atoms with van der Waals surface area (Å²) in [6.45, 7) is 5.51. The smallest absolute Gasteiger partial charge is 0.328 e. The van der Waals surface area contributed by atoms with E-state index in [1.54, 1.807) is 11.6 Å². The number of methoxy groups -OCH3 is 1. The van der Waals surface area contributed by atoms with E-state index < -0.39 is 12.0 Å². The van der Waals surface area contributed by atoms with Crippen molar-refractivity contribution in [1.82, 2.24) is 15.1 Å². The van der Waals surface area contributed by atoms with Crippen LogP contribution in [0.3, 0.4) is 0 Å². The van der Waals surface area contributed by atoms with Crippen LogP contribution in [0, 0.1) is 13.8 Å². The van der Waals surface area contributed by atoms with Gasteiger partial charge in [0, 0.05) is 19.2 Å². The van der Waals surface area contributed by atoms with Crippen molar-refractivity contribution >= 4 is 11.9 Å². The molecular formula is C13H21N3O3. The number of nitrogens with zero attached hydrogens (tertiary/aromatic N) is 2. The molecule has 0 bridgehead atoms. The summed E-state index contributed by atoms with van der Waals surface area (Å²) in [5, 5.41) is 6.91. The van der Waals surface area contributed by atoms with Gasteiger partial charge in [-0.2, -0.15) is 5.10 Å². The van der Waals surface area contributed by atoms with Gasteiger partial charge in [0.15, 0.2) is 0 Å². The minimum atomic E-state index is -0.617. The maximum atomic E-state index is 11.7. The maximum Gasteiger partial charge on any atom is 0.328 e. The SMILES string of the molecule is COC(=O)C(C)NC(=O)CCc1c(C)nn(C)c1C. The highest BCUT2D eigenvalue weighted by Crippen LogP contribution is 2.13. The number of amides is 1. The van der Waals surface area contributed by atoms with Gasteiger partial charge in [0.05, 0.1) is 12.8 Å². The first-order valence-corrected chi connectivity index (χ1v) is 6.23. The fourth-order valence-corrected chi connectivity index (χ4v) is 1.97. The molecule has 6 heteroatoms. The van der Waals surface area contributed by atoms with Crippen molar-refractivity contribution in [3.8, 4) is 0 Å². The molecule has 1 N–H and O–H groups in total. The third-order valence-electron chi connectivity index (χ3n) is 3.19. The summed E-state index contributed by atoms with van der Waals surface area (Å²) in [5.41, 5.74) is 3.09. The average molecular weight is 267 g/mol. The predicted molar refractivity (Wildman–Crippen MR) is 70.6 cm³/mol. The second kappa shape index (κ2) is 6.36. The summed E-state index contributed by atoms with van der Waals surface area (Å²) < 4.78 is 6.36. The molecule has 1 aromatic heterocycles. The lowest BCUT2D eigenvalue weighted by molar-refractivity contribution is -0.144. The Morgan fingerprint density at radius 2 is 2.05 bits per heavy atom. The quantitative estimate of drug-likeness (QED) is 0.795. The van der Waals surface area contributed by atoms with Gasteiger partial charge >= 0.3 is 5.97 Å². The lowest BCUT2D eigenvalue weighted by Crippen LogP contribution is -2.39. The van der Waals surface area contributed by atoms with Crippen molar-refractivity contribution in [1.29, 1.82) is 0 Å². The van der Waals surface area contributed by atoms with Gasteiger partial charge in [0.2, 0.25) is 5.91 Å². The summed E-state index contributed by atoms with van der Waals surface area (Å²) >= 11 is 0. The van der Waals surface area contributed by atoms with Crippen LogP contribution in [0.4, 0.5) is 0 Å². The van der Waals surface area contributed by atoms with E-state index in [2.05, 4.69) is 15.2 Å². The Morgan fingerprint density at radius 1 is 1.42 bits per heavy atom. The van der Waals surface area contributed by atoms with Crippen LogP contribution in [0.2, 0.25) is 0 Å². The zero-order chi connectivity index (χ0) is 14.6. The summed E-state index contributed by atoms with van der Waals surface area (Å²) in [7, 11) is 3.18. The molecule has 0 saturated carbocycles. The molecule has 0 aliphatic heterocycles. The van der Waals surface area contributed by atoms with Gasteiger partial charge in [-0.15, -0.1) is 0 Å². The first-order valence-electron chi connectivity index (χ1n) is 6.23. The van der Waals surface area contributed by atoms with Crippen molar-refractivity contribution in [2.45, 2.75) is 39.7 Å². The number of carbonyl (C=O) groups excluding carboxylic acids is 2. The number of rotatable bonds is 5. The Morgan fingerprint density at radius 3 is 2.53 bits per heavy atom. The monoisotopic (exact) mass is 267 g/mol. The van der Waals surface area contributed by atoms with Crippen LogP contribution in [0.1, 0.15) is 30.3 Å². The molecule has 0 aromatic carbocycles. The third-order valence-corrected chi connectivity index (χ3v) is 3.19. The average Bonchev–Trinajstić information content (AvgIpc) is 2.60. The van der Waals surface area contributed by atoms with Gasteiger partial charge in [-0.25, -0.2) is 4.79 Å². The van der Waals surface area contributed by atoms with Crippen molar-refractivity contribution in [2.75, 3.05) is 7.11 Å². The summed E-state index contributed by atoms with van der Waals surface area (Å²) in [4.78, 5) is 22.9. The standard InChI is InChI=1S/C13H21N3O3/c1-8-11(10(3)16(4)15-8)6-7-12(17)14-9(2)13(18)19-5/h9H,6-7H2,1-5H3,(H,14,17). The van der Waals surface area contributed by atoms with E-state index in [1.807, 2.05) is 20.9 Å². The Labute approximate surface area is 113 Å². The molecule has 19 heavy (non-hydrogen) atoms. The lowest BCUT2D eigenvalue weighted by Gasteiger charge is -2.11. The summed E-state index contributed by atoms with van der Waals surface area (Å²) in [6.07, 6.45) is 0.944. The van der Waals surface area contributed by atoms with Crippen LogP contribution in [0.15, 0.2) is 0 Å². The zero-order valence-corrected chi connectivity index (χ0v) is 12.1. The number of aryl methyl sites for hydroxylation is 2. The number of esters is 1. The molecule has 106 valence electrons. The minimum absolute atomic E-state index is 0.166. The molecule has 1 aromatic rings. The fraction of sp³-hybridized carbons (Fsp3) is 0.615. The number of hydrogen-bond acceptors (Lipinski definition) is 4. The van der Waals surface area contributed by atoms with E-state index in [4.69, 9.17) is 0 Å². The molecule has 1 unspecified atom stereocenters. The van der Waals surface area contributed by atoms with Crippen LogP contribution in [0.5, 0.6) is 0 Å². The van der Waals surface area contributed by atoms with Crippen molar-refractivity contribution in [2.24, 2.45) is 7.05 Å². The first-order chi connectivity index (χ1) is 8.86. The van der Waals surface area contributed by atoms with Crippen LogP contribution < -0.4 is 5.32 Å². The molecular weight excluding hydrogens is 246 g/mol. The second-order valence-electron chi connectivity index (χ2n) is 4.59. The van der Waals surface area contributed by atoms with Gasteiger partial charge in [-0.3, -0.25) is 9.48 Å². The van der Waals surface area contributed by atoms with E-state index in [9.17, 15) is 9.59 Å². The molecule has 1 heterocycles. The van der Waals surface area contributed by atoms with E-state index >= 15 is 0 Å². The fourth-order valence-electron chi connectivity index (χ4n) is 1.97. The van der Waals surface area contributed by atoms with Crippen molar-refractivity contribution in [3.63, 3.8) is 0 Å². The number of nitrogens with one attached hydrogen (secondary N) is 1. The summed E-state index contributed by atoms with van der Waals surface area (Å²) in [6, 6.07) is -0.617. The van der Waals surface area contributed by atoms with Gasteiger partial charge < -0.3 is 10.1 Å². The molecule has 0 aliphatic rings. The predicted octanol–water partition coefficient (Wildman–Crippen LogP) is 0.647. The molecule has 0 spiro atoms. The van der Waals surface area contributed by atoms with Gasteiger partial charge in [0.25, 0.3) is 0 Å². The molecule has 6 nitrogen and oxygen atoms in total. The third kappa shape index (κ3) is 3.81. The Balaban J connectivity index is 2.53. The number of carbonyl (C=O) groups is 2. The lowest BCUT2D eigenvalue weighted by atomic mass is 10.1. The Hall–Kier alpha value is -1.85. The van der Waals surface area contributed by atoms with E-state index in [0.29, 0.717) is 12.8 Å². The molecule has 1 rings (SSSR count). The largest absolute Gasteiger partial charge is 0.467 e. The molecule has 0 radical (unpaired) electrons. The first kappa shape index (κ1) is 15.2. The molecule has 0 aliphatic carbocycles. The van der Waals surface area contributed by atoms with Gasteiger partial charge in [0.1, 0.15) is 6.04 Å². The van der Waals surface area contributed by atoms with E-state index in [-0.39, 0.29) is 5.91 Å². The van der Waals surface area contributed by atoms with E-state index in [0.717, 1.165) is 17.0 Å². The molecule has 1 amide bonds. The second-order valence-corrected chi connectivity index (χ2v) is 4.59. The summed E-state index contributed by atoms with van der Waals surface area (Å²) in [5.74, 6) is -0.609. The van der Waals surface area contributed by atoms with Gasteiger partial charge in [-0.05, 0) is 32.8 Å². The highest BCUT2D eigenvalue weighted by molar-refractivity contribution is 5.84. The molecule has 0 saturated heterocycles. The molecule has 1 atom stereocenters. The van der Waals surface area contributed by atoms with Crippen LogP contribution >= 0.6 is 0 Å². The van der Waals surface area contributed by atoms with Gasteiger partial charge in [-0.1, -0.05) is 0 Å². The van der Waals surface area contributed by atoms with Crippen LogP contribution in [-0.4, -0.2) is 34.8 Å².